The van der Waals surface area contributed by atoms with Crippen LogP contribution in [0.2, 0.25) is 0 Å². The Balaban J connectivity index is 2.48. The molecular formula is C11H9NO4. The SMILES string of the molecule is O=C(O)c1cccc(-c2nocc2CO)c1. The summed E-state index contributed by atoms with van der Waals surface area (Å²) in [7, 11) is 0. The van der Waals surface area contributed by atoms with Gasteiger partial charge in [-0.2, -0.15) is 0 Å². The predicted molar refractivity (Wildman–Crippen MR) is 54.8 cm³/mol. The average Bonchev–Trinajstić information content (AvgIpc) is 2.77. The van der Waals surface area contributed by atoms with Crippen LogP contribution < -0.4 is 0 Å². The number of hydrogen-bond donors (Lipinski definition) is 2. The van der Waals surface area contributed by atoms with Gasteiger partial charge in [0.25, 0.3) is 0 Å². The molecule has 0 unspecified atom stereocenters. The Morgan fingerprint density at radius 1 is 1.44 bits per heavy atom. The molecule has 0 fully saturated rings. The first kappa shape index (κ1) is 10.4. The van der Waals surface area contributed by atoms with Crippen molar-refractivity contribution in [3.8, 4) is 11.3 Å². The van der Waals surface area contributed by atoms with Crippen molar-refractivity contribution in [2.75, 3.05) is 0 Å². The van der Waals surface area contributed by atoms with Gasteiger partial charge in [0.05, 0.1) is 12.2 Å². The quantitative estimate of drug-likeness (QED) is 0.817. The Bertz CT molecular complexity index is 518. The van der Waals surface area contributed by atoms with E-state index in [0.29, 0.717) is 16.8 Å². The van der Waals surface area contributed by atoms with Crippen LogP contribution >= 0.6 is 0 Å². The molecule has 16 heavy (non-hydrogen) atoms. The fourth-order valence-electron chi connectivity index (χ4n) is 1.41. The minimum Gasteiger partial charge on any atom is -0.478 e. The molecule has 0 atom stereocenters. The van der Waals surface area contributed by atoms with Gasteiger partial charge in [-0.1, -0.05) is 17.3 Å². The fraction of sp³-hybridized carbons (Fsp3) is 0.0909. The number of aromatic carboxylic acids is 1. The maximum Gasteiger partial charge on any atom is 0.335 e. The Morgan fingerprint density at radius 3 is 2.94 bits per heavy atom. The number of aliphatic hydroxyl groups excluding tert-OH is 1. The standard InChI is InChI=1S/C11H9NO4/c13-5-9-6-16-12-10(9)7-2-1-3-8(4-7)11(14)15/h1-4,6,13H,5H2,(H,14,15). The average molecular weight is 219 g/mol. The highest BCUT2D eigenvalue weighted by Crippen LogP contribution is 2.22. The first-order valence-electron chi connectivity index (χ1n) is 4.60. The number of nitrogens with zero attached hydrogens (tertiary/aromatic N) is 1. The topological polar surface area (TPSA) is 83.6 Å². The predicted octanol–water partition coefficient (Wildman–Crippen LogP) is 1.53. The Hall–Kier alpha value is -2.14. The number of aliphatic hydroxyl groups is 1. The number of rotatable bonds is 3. The van der Waals surface area contributed by atoms with Crippen LogP contribution in [0.1, 0.15) is 15.9 Å². The first-order chi connectivity index (χ1) is 7.72. The number of carboxylic acid groups (broad SMARTS) is 1. The Labute approximate surface area is 90.9 Å². The molecule has 0 aliphatic heterocycles. The van der Waals surface area contributed by atoms with Crippen molar-refractivity contribution in [3.63, 3.8) is 0 Å². The van der Waals surface area contributed by atoms with E-state index in [2.05, 4.69) is 5.16 Å². The summed E-state index contributed by atoms with van der Waals surface area (Å²) in [6.45, 7) is -0.198. The van der Waals surface area contributed by atoms with E-state index in [9.17, 15) is 4.79 Å². The van der Waals surface area contributed by atoms with Gasteiger partial charge < -0.3 is 14.7 Å². The number of benzene rings is 1. The highest BCUT2D eigenvalue weighted by atomic mass is 16.5. The molecule has 0 spiro atoms. The molecule has 5 nitrogen and oxygen atoms in total. The van der Waals surface area contributed by atoms with Crippen LogP contribution in [0, 0.1) is 0 Å². The van der Waals surface area contributed by atoms with Gasteiger partial charge in [0.15, 0.2) is 0 Å². The highest BCUT2D eigenvalue weighted by molar-refractivity contribution is 5.89. The molecule has 2 aromatic rings. The van der Waals surface area contributed by atoms with Crippen LogP contribution in [0.5, 0.6) is 0 Å². The minimum atomic E-state index is -1.00. The lowest BCUT2D eigenvalue weighted by atomic mass is 10.1. The Kier molecular flexibility index (Phi) is 2.70. The van der Waals surface area contributed by atoms with Crippen molar-refractivity contribution in [2.45, 2.75) is 6.61 Å². The summed E-state index contributed by atoms with van der Waals surface area (Å²) >= 11 is 0. The van der Waals surface area contributed by atoms with Gasteiger partial charge in [-0.15, -0.1) is 0 Å². The van der Waals surface area contributed by atoms with Gasteiger partial charge in [-0.25, -0.2) is 4.79 Å². The number of aromatic nitrogens is 1. The van der Waals surface area contributed by atoms with Crippen molar-refractivity contribution >= 4 is 5.97 Å². The second-order valence-electron chi connectivity index (χ2n) is 3.23. The summed E-state index contributed by atoms with van der Waals surface area (Å²) in [5.74, 6) is -1.00. The van der Waals surface area contributed by atoms with Crippen LogP contribution in [0.4, 0.5) is 0 Å². The molecule has 0 saturated heterocycles. The smallest absolute Gasteiger partial charge is 0.335 e. The molecular weight excluding hydrogens is 210 g/mol. The lowest BCUT2D eigenvalue weighted by Crippen LogP contribution is -1.96. The fourth-order valence-corrected chi connectivity index (χ4v) is 1.41. The van der Waals surface area contributed by atoms with Crippen LogP contribution in [0.3, 0.4) is 0 Å². The first-order valence-corrected chi connectivity index (χ1v) is 4.60. The van der Waals surface area contributed by atoms with E-state index in [1.807, 2.05) is 0 Å². The van der Waals surface area contributed by atoms with Crippen molar-refractivity contribution in [2.24, 2.45) is 0 Å². The summed E-state index contributed by atoms with van der Waals surface area (Å²) in [4.78, 5) is 10.8. The van der Waals surface area contributed by atoms with E-state index in [4.69, 9.17) is 14.7 Å². The summed E-state index contributed by atoms with van der Waals surface area (Å²) in [6.07, 6.45) is 1.34. The summed E-state index contributed by atoms with van der Waals surface area (Å²) in [6, 6.07) is 6.31. The molecule has 0 amide bonds. The summed E-state index contributed by atoms with van der Waals surface area (Å²) in [5.41, 5.74) is 1.77. The zero-order valence-corrected chi connectivity index (χ0v) is 8.25. The highest BCUT2D eigenvalue weighted by Gasteiger charge is 2.11. The van der Waals surface area contributed by atoms with Gasteiger partial charge in [-0.3, -0.25) is 0 Å². The molecule has 0 aliphatic rings. The lowest BCUT2D eigenvalue weighted by Gasteiger charge is -2.00. The molecule has 2 N–H and O–H groups in total. The molecule has 2 rings (SSSR count). The third-order valence-corrected chi connectivity index (χ3v) is 2.20. The second-order valence-corrected chi connectivity index (χ2v) is 3.23. The second kappa shape index (κ2) is 4.16. The zero-order chi connectivity index (χ0) is 11.5. The van der Waals surface area contributed by atoms with Gasteiger partial charge in [-0.05, 0) is 12.1 Å². The van der Waals surface area contributed by atoms with Gasteiger partial charge >= 0.3 is 5.97 Å². The number of carboxylic acids is 1. The van der Waals surface area contributed by atoms with Gasteiger partial charge in [0.1, 0.15) is 12.0 Å². The molecule has 0 radical (unpaired) electrons. The molecule has 1 heterocycles. The van der Waals surface area contributed by atoms with Crippen LogP contribution in [-0.2, 0) is 6.61 Å². The van der Waals surface area contributed by atoms with Gasteiger partial charge in [0.2, 0.25) is 0 Å². The number of carbonyl (C=O) groups is 1. The van der Waals surface area contributed by atoms with E-state index in [-0.39, 0.29) is 12.2 Å². The monoisotopic (exact) mass is 219 g/mol. The van der Waals surface area contributed by atoms with Crippen LogP contribution in [-0.4, -0.2) is 21.3 Å². The van der Waals surface area contributed by atoms with Crippen molar-refractivity contribution in [3.05, 3.63) is 41.7 Å². The van der Waals surface area contributed by atoms with E-state index >= 15 is 0 Å². The number of hydrogen-bond acceptors (Lipinski definition) is 4. The third-order valence-electron chi connectivity index (χ3n) is 2.20. The maximum atomic E-state index is 10.8. The normalized spacial score (nSPS) is 10.3. The Morgan fingerprint density at radius 2 is 2.25 bits per heavy atom. The molecule has 1 aromatic heterocycles. The maximum absolute atomic E-state index is 10.8. The molecule has 0 saturated carbocycles. The van der Waals surface area contributed by atoms with Crippen molar-refractivity contribution < 1.29 is 19.5 Å². The largest absolute Gasteiger partial charge is 0.478 e. The van der Waals surface area contributed by atoms with E-state index in [1.54, 1.807) is 12.1 Å². The summed E-state index contributed by atoms with van der Waals surface area (Å²) < 4.78 is 4.73. The molecule has 5 heteroatoms. The molecule has 82 valence electrons. The molecule has 1 aromatic carbocycles. The lowest BCUT2D eigenvalue weighted by molar-refractivity contribution is 0.0697. The summed E-state index contributed by atoms with van der Waals surface area (Å²) in [5, 5.41) is 21.6. The van der Waals surface area contributed by atoms with Crippen LogP contribution in [0.25, 0.3) is 11.3 Å². The molecule has 0 bridgehead atoms. The van der Waals surface area contributed by atoms with Gasteiger partial charge in [0, 0.05) is 11.1 Å². The third kappa shape index (κ3) is 1.80. The van der Waals surface area contributed by atoms with E-state index < -0.39 is 5.97 Å². The van der Waals surface area contributed by atoms with Crippen molar-refractivity contribution in [1.29, 1.82) is 0 Å². The molecule has 0 aliphatic carbocycles. The van der Waals surface area contributed by atoms with Crippen LogP contribution in [0.15, 0.2) is 35.1 Å². The van der Waals surface area contributed by atoms with E-state index in [1.165, 1.54) is 18.4 Å². The van der Waals surface area contributed by atoms with E-state index in [0.717, 1.165) is 0 Å². The minimum absolute atomic E-state index is 0.171. The zero-order valence-electron chi connectivity index (χ0n) is 8.25. The van der Waals surface area contributed by atoms with Crippen molar-refractivity contribution in [1.82, 2.24) is 5.16 Å².